The van der Waals surface area contributed by atoms with Gasteiger partial charge in [-0.1, -0.05) is 52.9 Å². The summed E-state index contributed by atoms with van der Waals surface area (Å²) in [6, 6.07) is 21.6. The molecular formula is C27H23N3O3S2. The highest BCUT2D eigenvalue weighted by molar-refractivity contribution is 8.06. The van der Waals surface area contributed by atoms with E-state index in [4.69, 9.17) is 9.47 Å². The smallest absolute Gasteiger partial charge is 0.281 e. The summed E-state index contributed by atoms with van der Waals surface area (Å²) in [6.07, 6.45) is 1.84. The van der Waals surface area contributed by atoms with E-state index in [-0.39, 0.29) is 5.56 Å². The lowest BCUT2D eigenvalue weighted by Crippen LogP contribution is -2.34. The van der Waals surface area contributed by atoms with Crippen molar-refractivity contribution in [1.82, 2.24) is 14.8 Å². The van der Waals surface area contributed by atoms with Crippen LogP contribution in [0.3, 0.4) is 0 Å². The molecule has 0 fully saturated rings. The Morgan fingerprint density at radius 3 is 2.57 bits per heavy atom. The van der Waals surface area contributed by atoms with Gasteiger partial charge in [0.05, 0.1) is 35.0 Å². The number of para-hydroxylation sites is 1. The Balaban J connectivity index is 1.69. The first-order valence-corrected chi connectivity index (χ1v) is 12.6. The van der Waals surface area contributed by atoms with Crippen molar-refractivity contribution in [2.75, 3.05) is 14.2 Å². The van der Waals surface area contributed by atoms with E-state index in [1.54, 1.807) is 32.0 Å². The molecule has 2 aromatic heterocycles. The van der Waals surface area contributed by atoms with Crippen LogP contribution >= 0.6 is 23.1 Å². The highest BCUT2D eigenvalue weighted by Crippen LogP contribution is 2.25. The first-order valence-electron chi connectivity index (χ1n) is 10.9. The molecule has 3 aromatic carbocycles. The number of ether oxygens (including phenoxy) is 2. The Morgan fingerprint density at radius 2 is 1.83 bits per heavy atom. The van der Waals surface area contributed by atoms with Crippen molar-refractivity contribution in [3.8, 4) is 16.6 Å². The number of nitrogens with one attached hydrogen (secondary N) is 1. The van der Waals surface area contributed by atoms with Crippen molar-refractivity contribution in [2.24, 2.45) is 0 Å². The number of benzene rings is 3. The highest BCUT2D eigenvalue weighted by atomic mass is 32.2. The van der Waals surface area contributed by atoms with Crippen LogP contribution in [-0.2, 0) is 0 Å². The SMILES string of the molecule is COc1ccc(C=c2c(=CSc3ccc(C)cc3)[nH]n(-c3nc4ccccc4s3)c2=O)c(OC)c1. The lowest BCUT2D eigenvalue weighted by atomic mass is 10.1. The summed E-state index contributed by atoms with van der Waals surface area (Å²) in [5.74, 6) is 1.30. The minimum atomic E-state index is -0.183. The van der Waals surface area contributed by atoms with Gasteiger partial charge in [-0.2, -0.15) is 4.68 Å². The number of nitrogens with zero attached hydrogens (tertiary/aromatic N) is 2. The molecule has 5 aromatic rings. The fourth-order valence-electron chi connectivity index (χ4n) is 3.62. The van der Waals surface area contributed by atoms with Gasteiger partial charge in [0.2, 0.25) is 5.13 Å². The standard InChI is InChI=1S/C27H23N3O3S2/c1-17-8-12-20(13-9-17)34-16-23-21(14-18-10-11-19(32-2)15-24(18)33-3)26(31)30(29-23)27-28-22-6-4-5-7-25(22)35-27/h4-16,29H,1-3H3. The zero-order valence-corrected chi connectivity index (χ0v) is 21.1. The fourth-order valence-corrected chi connectivity index (χ4v) is 5.28. The van der Waals surface area contributed by atoms with Crippen molar-refractivity contribution in [1.29, 1.82) is 0 Å². The van der Waals surface area contributed by atoms with Gasteiger partial charge >= 0.3 is 0 Å². The van der Waals surface area contributed by atoms with E-state index in [0.717, 1.165) is 20.7 Å². The van der Waals surface area contributed by atoms with Crippen LogP contribution in [0.25, 0.3) is 26.8 Å². The lowest BCUT2D eigenvalue weighted by molar-refractivity contribution is 0.393. The number of thiazole rings is 1. The molecule has 0 bridgehead atoms. The molecular weight excluding hydrogens is 478 g/mol. The quantitative estimate of drug-likeness (QED) is 0.348. The topological polar surface area (TPSA) is 69.1 Å². The minimum absolute atomic E-state index is 0.183. The van der Waals surface area contributed by atoms with Crippen molar-refractivity contribution in [3.05, 3.63) is 98.8 Å². The lowest BCUT2D eigenvalue weighted by Gasteiger charge is -2.06. The summed E-state index contributed by atoms with van der Waals surface area (Å²) in [6.45, 7) is 2.06. The number of fused-ring (bicyclic) bond motifs is 1. The number of thioether (sulfide) groups is 1. The molecule has 176 valence electrons. The van der Waals surface area contributed by atoms with E-state index in [0.29, 0.717) is 27.2 Å². The fraction of sp³-hybridized carbons (Fsp3) is 0.111. The van der Waals surface area contributed by atoms with E-state index in [1.165, 1.54) is 21.6 Å². The predicted octanol–water partition coefficient (Wildman–Crippen LogP) is 4.46. The third kappa shape index (κ3) is 4.76. The molecule has 35 heavy (non-hydrogen) atoms. The number of H-pyrrole nitrogens is 1. The van der Waals surface area contributed by atoms with Gasteiger partial charge in [0, 0.05) is 21.9 Å². The number of aromatic nitrogens is 3. The second-order valence-corrected chi connectivity index (χ2v) is 9.80. The number of hydrogen-bond acceptors (Lipinski definition) is 6. The van der Waals surface area contributed by atoms with Crippen LogP contribution in [0.15, 0.2) is 76.4 Å². The van der Waals surface area contributed by atoms with E-state index < -0.39 is 0 Å². The number of rotatable bonds is 6. The molecule has 0 aliphatic carbocycles. The normalized spacial score (nSPS) is 12.4. The molecule has 0 saturated carbocycles. The van der Waals surface area contributed by atoms with E-state index >= 15 is 0 Å². The second-order valence-electron chi connectivity index (χ2n) is 7.84. The van der Waals surface area contributed by atoms with E-state index in [1.807, 2.05) is 47.9 Å². The maximum atomic E-state index is 13.6. The van der Waals surface area contributed by atoms with Crippen molar-refractivity contribution < 1.29 is 9.47 Å². The maximum Gasteiger partial charge on any atom is 0.281 e. The Hall–Kier alpha value is -3.75. The molecule has 0 amide bonds. The first-order chi connectivity index (χ1) is 17.1. The average Bonchev–Trinajstić information content (AvgIpc) is 3.45. The molecule has 6 nitrogen and oxygen atoms in total. The number of hydrogen-bond donors (Lipinski definition) is 1. The summed E-state index contributed by atoms with van der Waals surface area (Å²) < 4.78 is 13.4. The van der Waals surface area contributed by atoms with Crippen molar-refractivity contribution >= 4 is 44.8 Å². The average molecular weight is 502 g/mol. The Kier molecular flexibility index (Phi) is 6.48. The molecule has 2 heterocycles. The highest BCUT2D eigenvalue weighted by Gasteiger charge is 2.12. The van der Waals surface area contributed by atoms with Crippen LogP contribution in [0.5, 0.6) is 11.5 Å². The maximum absolute atomic E-state index is 13.6. The van der Waals surface area contributed by atoms with Crippen LogP contribution in [0.4, 0.5) is 0 Å². The molecule has 8 heteroatoms. The number of aryl methyl sites for hydroxylation is 1. The summed E-state index contributed by atoms with van der Waals surface area (Å²) in [4.78, 5) is 19.4. The molecule has 0 atom stereocenters. The summed E-state index contributed by atoms with van der Waals surface area (Å²) in [5, 5.41) is 7.03. The van der Waals surface area contributed by atoms with Gasteiger partial charge in [0.15, 0.2) is 0 Å². The van der Waals surface area contributed by atoms with Crippen LogP contribution in [0.2, 0.25) is 0 Å². The van der Waals surface area contributed by atoms with Crippen LogP contribution in [0, 0.1) is 6.92 Å². The zero-order valence-electron chi connectivity index (χ0n) is 19.4. The number of aromatic amines is 1. The Labute approximate surface area is 210 Å². The van der Waals surface area contributed by atoms with E-state index in [2.05, 4.69) is 41.3 Å². The Bertz CT molecular complexity index is 1650. The third-order valence-electron chi connectivity index (χ3n) is 5.50. The molecule has 0 unspecified atom stereocenters. The summed E-state index contributed by atoms with van der Waals surface area (Å²) in [7, 11) is 3.21. The molecule has 0 aliphatic heterocycles. The summed E-state index contributed by atoms with van der Waals surface area (Å²) >= 11 is 3.01. The van der Waals surface area contributed by atoms with Gasteiger partial charge in [0.1, 0.15) is 11.5 Å². The van der Waals surface area contributed by atoms with Gasteiger partial charge in [-0.3, -0.25) is 9.89 Å². The van der Waals surface area contributed by atoms with Gasteiger partial charge < -0.3 is 9.47 Å². The third-order valence-corrected chi connectivity index (χ3v) is 7.42. The monoisotopic (exact) mass is 501 g/mol. The zero-order chi connectivity index (χ0) is 24.4. The van der Waals surface area contributed by atoms with Crippen LogP contribution < -0.4 is 25.6 Å². The van der Waals surface area contributed by atoms with Gasteiger partial charge in [-0.05, 0) is 49.4 Å². The minimum Gasteiger partial charge on any atom is -0.497 e. The molecule has 0 spiro atoms. The molecule has 5 rings (SSSR count). The Morgan fingerprint density at radius 1 is 1.03 bits per heavy atom. The van der Waals surface area contributed by atoms with Gasteiger partial charge in [0.25, 0.3) is 5.56 Å². The summed E-state index contributed by atoms with van der Waals surface area (Å²) in [5.41, 5.74) is 2.65. The number of methoxy groups -OCH3 is 2. The van der Waals surface area contributed by atoms with Gasteiger partial charge in [-0.25, -0.2) is 4.98 Å². The van der Waals surface area contributed by atoms with Crippen LogP contribution in [-0.4, -0.2) is 29.0 Å². The van der Waals surface area contributed by atoms with Crippen molar-refractivity contribution in [2.45, 2.75) is 11.8 Å². The van der Waals surface area contributed by atoms with Crippen molar-refractivity contribution in [3.63, 3.8) is 0 Å². The molecule has 1 N–H and O–H groups in total. The molecule has 0 saturated heterocycles. The second kappa shape index (κ2) is 9.85. The van der Waals surface area contributed by atoms with Crippen LogP contribution in [0.1, 0.15) is 11.1 Å². The van der Waals surface area contributed by atoms with Gasteiger partial charge in [-0.15, -0.1) is 0 Å². The molecule has 0 aliphatic rings. The van der Waals surface area contributed by atoms with E-state index in [9.17, 15) is 4.79 Å². The first kappa shape index (κ1) is 23.0. The predicted molar refractivity (Wildman–Crippen MR) is 143 cm³/mol. The molecule has 0 radical (unpaired) electrons. The largest absolute Gasteiger partial charge is 0.497 e.